The van der Waals surface area contributed by atoms with Crippen molar-refractivity contribution < 1.29 is 9.47 Å². The minimum atomic E-state index is -0.284. The van der Waals surface area contributed by atoms with Crippen LogP contribution in [0.3, 0.4) is 0 Å². The van der Waals surface area contributed by atoms with Crippen LogP contribution in [-0.4, -0.2) is 52.4 Å². The van der Waals surface area contributed by atoms with Crippen molar-refractivity contribution in [2.24, 2.45) is 0 Å². The van der Waals surface area contributed by atoms with Gasteiger partial charge in [-0.1, -0.05) is 37.2 Å². The zero-order chi connectivity index (χ0) is 26.2. The maximum atomic E-state index is 12.9. The molecule has 10 nitrogen and oxygen atoms in total. The lowest BCUT2D eigenvalue weighted by atomic mass is 10.1. The first-order valence-electron chi connectivity index (χ1n) is 12.9. The van der Waals surface area contributed by atoms with Gasteiger partial charge < -0.3 is 30.4 Å². The van der Waals surface area contributed by atoms with Gasteiger partial charge in [0, 0.05) is 23.4 Å². The maximum absolute atomic E-state index is 12.9. The molecule has 198 valence electrons. The summed E-state index contributed by atoms with van der Waals surface area (Å²) >= 11 is 1.75. The summed E-state index contributed by atoms with van der Waals surface area (Å²) in [5.74, 6) is 0.201. The van der Waals surface area contributed by atoms with E-state index < -0.39 is 0 Å². The second-order valence-electron chi connectivity index (χ2n) is 9.69. The Morgan fingerprint density at radius 3 is 2.61 bits per heavy atom. The zero-order valence-corrected chi connectivity index (χ0v) is 22.3. The molecule has 2 aromatic carbocycles. The first-order valence-corrected chi connectivity index (χ1v) is 13.7. The van der Waals surface area contributed by atoms with Crippen LogP contribution in [-0.2, 0) is 17.8 Å². The highest BCUT2D eigenvalue weighted by molar-refractivity contribution is 7.99. The van der Waals surface area contributed by atoms with E-state index >= 15 is 0 Å². The third-order valence-corrected chi connectivity index (χ3v) is 8.02. The quantitative estimate of drug-likeness (QED) is 0.277. The highest BCUT2D eigenvalue weighted by atomic mass is 32.2. The van der Waals surface area contributed by atoms with Crippen LogP contribution in [0.5, 0.6) is 6.01 Å². The number of aromatic nitrogens is 4. The first-order chi connectivity index (χ1) is 18.5. The normalized spacial score (nSPS) is 14.8. The van der Waals surface area contributed by atoms with Crippen LogP contribution in [0.25, 0.3) is 11.2 Å². The van der Waals surface area contributed by atoms with Gasteiger partial charge in [0.05, 0.1) is 43.8 Å². The number of anilines is 3. The van der Waals surface area contributed by atoms with Gasteiger partial charge in [-0.2, -0.15) is 9.97 Å². The molecule has 11 heteroatoms. The summed E-state index contributed by atoms with van der Waals surface area (Å²) in [6.45, 7) is 5.31. The smallest absolute Gasteiger partial charge is 0.328 e. The van der Waals surface area contributed by atoms with E-state index in [0.29, 0.717) is 30.4 Å². The monoisotopic (exact) mass is 533 g/mol. The summed E-state index contributed by atoms with van der Waals surface area (Å²) < 4.78 is 12.5. The van der Waals surface area contributed by atoms with Crippen LogP contribution < -0.4 is 26.4 Å². The zero-order valence-electron chi connectivity index (χ0n) is 21.5. The van der Waals surface area contributed by atoms with Crippen LogP contribution in [0.15, 0.2) is 51.0 Å². The van der Waals surface area contributed by atoms with Gasteiger partial charge >= 0.3 is 11.7 Å². The van der Waals surface area contributed by atoms with E-state index in [0.717, 1.165) is 48.7 Å². The topological polar surface area (TPSA) is 123 Å². The molecule has 0 radical (unpaired) electrons. The van der Waals surface area contributed by atoms with Crippen LogP contribution in [0, 0.1) is 0 Å². The van der Waals surface area contributed by atoms with Crippen molar-refractivity contribution >= 4 is 40.1 Å². The molecule has 2 aromatic heterocycles. The molecular formula is C27H31N7O3S. The minimum absolute atomic E-state index is 0.186. The SMILES string of the molecule is CCCCOc1nc(N)c2[nH]c(=O)n(Cc3ccc4c(c3)Sc3cc(CNC5COC5)ccc3N4C)c2n1. The van der Waals surface area contributed by atoms with E-state index in [1.54, 1.807) is 16.3 Å². The molecule has 38 heavy (non-hydrogen) atoms. The second kappa shape index (κ2) is 10.3. The third kappa shape index (κ3) is 4.72. The van der Waals surface area contributed by atoms with Gasteiger partial charge in [0.15, 0.2) is 11.5 Å². The lowest BCUT2D eigenvalue weighted by Gasteiger charge is -2.31. The van der Waals surface area contributed by atoms with E-state index in [-0.39, 0.29) is 17.5 Å². The molecule has 4 heterocycles. The number of fused-ring (bicyclic) bond motifs is 3. The van der Waals surface area contributed by atoms with Crippen molar-refractivity contribution in [2.75, 3.05) is 37.5 Å². The molecular weight excluding hydrogens is 502 g/mol. The number of nitrogen functional groups attached to an aromatic ring is 1. The molecule has 1 fully saturated rings. The van der Waals surface area contributed by atoms with E-state index in [1.165, 1.54) is 16.1 Å². The minimum Gasteiger partial charge on any atom is -0.463 e. The Hall–Kier alpha value is -3.54. The predicted octanol–water partition coefficient (Wildman–Crippen LogP) is 3.65. The second-order valence-corrected chi connectivity index (χ2v) is 10.8. The van der Waals surface area contributed by atoms with Crippen LogP contribution in [0.2, 0.25) is 0 Å². The molecule has 1 saturated heterocycles. The number of nitrogens with two attached hydrogens (primary N) is 1. The van der Waals surface area contributed by atoms with Crippen molar-refractivity contribution in [3.8, 4) is 6.01 Å². The highest BCUT2D eigenvalue weighted by Gasteiger charge is 2.23. The number of hydrogen-bond acceptors (Lipinski definition) is 9. The van der Waals surface area contributed by atoms with Crippen molar-refractivity contribution in [3.05, 3.63) is 58.0 Å². The number of hydrogen-bond donors (Lipinski definition) is 3. The number of nitrogens with zero attached hydrogens (tertiary/aromatic N) is 4. The van der Waals surface area contributed by atoms with Crippen molar-refractivity contribution in [2.45, 2.75) is 48.7 Å². The number of unbranched alkanes of at least 4 members (excludes halogenated alkanes) is 1. The number of rotatable bonds is 9. The van der Waals surface area contributed by atoms with Crippen LogP contribution in [0.1, 0.15) is 30.9 Å². The largest absolute Gasteiger partial charge is 0.463 e. The van der Waals surface area contributed by atoms with Gasteiger partial charge in [0.1, 0.15) is 5.52 Å². The Bertz CT molecular complexity index is 1550. The van der Waals surface area contributed by atoms with E-state index in [4.69, 9.17) is 15.2 Å². The number of imidazole rings is 1. The molecule has 0 spiro atoms. The molecule has 2 aliphatic heterocycles. The molecule has 0 amide bonds. The standard InChI is InChI=1S/C27H31N7O3S/c1-3-4-9-37-26-31-24(28)23-25(32-26)34(27(35)30-23)13-17-6-8-20-22(11-17)38-21-10-16(5-7-19(21)33(20)2)12-29-18-14-36-15-18/h5-8,10-11,18,29H,3-4,9,12-15H2,1-2H3,(H,30,35)(H2,28,31,32). The fraction of sp³-hybridized carbons (Fsp3) is 0.370. The molecule has 4 aromatic rings. The predicted molar refractivity (Wildman–Crippen MR) is 149 cm³/mol. The van der Waals surface area contributed by atoms with Gasteiger partial charge in [0.2, 0.25) is 0 Å². The maximum Gasteiger partial charge on any atom is 0.328 e. The third-order valence-electron chi connectivity index (χ3n) is 6.92. The summed E-state index contributed by atoms with van der Waals surface area (Å²) in [6, 6.07) is 13.5. The van der Waals surface area contributed by atoms with Gasteiger partial charge in [-0.3, -0.25) is 4.57 Å². The average molecular weight is 534 g/mol. The molecule has 6 rings (SSSR count). The molecule has 0 bridgehead atoms. The Kier molecular flexibility index (Phi) is 6.73. The molecule has 0 aliphatic carbocycles. The van der Waals surface area contributed by atoms with E-state index in [9.17, 15) is 4.79 Å². The Morgan fingerprint density at radius 1 is 1.16 bits per heavy atom. The van der Waals surface area contributed by atoms with Gasteiger partial charge in [-0.05, 0) is 41.8 Å². The fourth-order valence-electron chi connectivity index (χ4n) is 4.64. The summed E-state index contributed by atoms with van der Waals surface area (Å²) in [6.07, 6.45) is 1.88. The number of nitrogens with one attached hydrogen (secondary N) is 2. The van der Waals surface area contributed by atoms with Crippen molar-refractivity contribution in [1.82, 2.24) is 24.8 Å². The van der Waals surface area contributed by atoms with Gasteiger partial charge in [0.25, 0.3) is 0 Å². The van der Waals surface area contributed by atoms with Gasteiger partial charge in [-0.15, -0.1) is 0 Å². The molecule has 0 saturated carbocycles. The van der Waals surface area contributed by atoms with Gasteiger partial charge in [-0.25, -0.2) is 4.79 Å². The summed E-state index contributed by atoms with van der Waals surface area (Å²) in [5, 5.41) is 3.54. The average Bonchev–Trinajstić information content (AvgIpc) is 3.18. The van der Waals surface area contributed by atoms with E-state index in [1.807, 2.05) is 6.07 Å². The molecule has 0 unspecified atom stereocenters. The number of aromatic amines is 1. The Morgan fingerprint density at radius 2 is 1.89 bits per heavy atom. The molecule has 0 atom stereocenters. The summed E-state index contributed by atoms with van der Waals surface area (Å²) in [4.78, 5) is 28.9. The summed E-state index contributed by atoms with van der Waals surface area (Å²) in [7, 11) is 2.09. The number of ether oxygens (including phenoxy) is 2. The number of H-pyrrole nitrogens is 1. The Labute approximate surface area is 224 Å². The Balaban J connectivity index is 1.26. The molecule has 2 aliphatic rings. The van der Waals surface area contributed by atoms with Crippen LogP contribution >= 0.6 is 11.8 Å². The van der Waals surface area contributed by atoms with Crippen molar-refractivity contribution in [3.63, 3.8) is 0 Å². The fourth-order valence-corrected chi connectivity index (χ4v) is 5.92. The summed E-state index contributed by atoms with van der Waals surface area (Å²) in [5.41, 5.74) is 11.2. The molecule has 4 N–H and O–H groups in total. The van der Waals surface area contributed by atoms with Crippen LogP contribution in [0.4, 0.5) is 17.2 Å². The number of benzene rings is 2. The highest BCUT2D eigenvalue weighted by Crippen LogP contribution is 2.48. The van der Waals surface area contributed by atoms with Crippen molar-refractivity contribution in [1.29, 1.82) is 0 Å². The first kappa shape index (κ1) is 24.8. The lowest BCUT2D eigenvalue weighted by Crippen LogP contribution is -2.45. The van der Waals surface area contributed by atoms with E-state index in [2.05, 4.69) is 69.5 Å². The lowest BCUT2D eigenvalue weighted by molar-refractivity contribution is -0.00579.